The molecule has 0 saturated carbocycles. The highest BCUT2D eigenvalue weighted by atomic mass is 16.3. The molecule has 2 N–H and O–H groups in total. The molecule has 100 valence electrons. The van der Waals surface area contributed by atoms with Crippen LogP contribution in [0.25, 0.3) is 11.1 Å². The Hall–Kier alpha value is -2.74. The molecule has 2 nitrogen and oxygen atoms in total. The largest absolute Gasteiger partial charge is 0.508 e. The van der Waals surface area contributed by atoms with E-state index < -0.39 is 0 Å². The summed E-state index contributed by atoms with van der Waals surface area (Å²) in [7, 11) is 0. The standard InChI is InChI=1S/C12H10.C6H6O2/c1-3-7-11(8-4-1)12-9-5-2-6-10-12;7-5-1-2-6(8)4-3-5/h1-10H;1-4,7-8H. The highest BCUT2D eigenvalue weighted by Gasteiger charge is 1.91. The summed E-state index contributed by atoms with van der Waals surface area (Å²) in [4.78, 5) is 0. The van der Waals surface area contributed by atoms with Gasteiger partial charge in [-0.25, -0.2) is 0 Å². The predicted molar refractivity (Wildman–Crippen MR) is 81.6 cm³/mol. The van der Waals surface area contributed by atoms with Crippen molar-refractivity contribution in [3.8, 4) is 22.6 Å². The topological polar surface area (TPSA) is 40.5 Å². The van der Waals surface area contributed by atoms with Crippen LogP contribution < -0.4 is 0 Å². The van der Waals surface area contributed by atoms with Crippen molar-refractivity contribution in [3.63, 3.8) is 0 Å². The molecule has 0 aromatic heterocycles. The summed E-state index contributed by atoms with van der Waals surface area (Å²) < 4.78 is 0. The smallest absolute Gasteiger partial charge is 0.115 e. The van der Waals surface area contributed by atoms with E-state index in [2.05, 4.69) is 48.5 Å². The minimum absolute atomic E-state index is 0.169. The molecule has 0 heterocycles. The maximum absolute atomic E-state index is 8.65. The van der Waals surface area contributed by atoms with Crippen LogP contribution in [0.15, 0.2) is 84.9 Å². The van der Waals surface area contributed by atoms with Crippen molar-refractivity contribution in [2.24, 2.45) is 0 Å². The van der Waals surface area contributed by atoms with Gasteiger partial charge in [-0.05, 0) is 35.4 Å². The fourth-order valence-corrected chi connectivity index (χ4v) is 1.71. The number of aromatic hydroxyl groups is 2. The third kappa shape index (κ3) is 4.18. The predicted octanol–water partition coefficient (Wildman–Crippen LogP) is 4.45. The molecule has 0 spiro atoms. The number of benzene rings is 3. The number of phenols is 2. The van der Waals surface area contributed by atoms with Gasteiger partial charge in [0.2, 0.25) is 0 Å². The molecule has 3 aromatic rings. The van der Waals surface area contributed by atoms with E-state index in [1.165, 1.54) is 35.4 Å². The van der Waals surface area contributed by atoms with E-state index in [9.17, 15) is 0 Å². The molecule has 0 radical (unpaired) electrons. The van der Waals surface area contributed by atoms with E-state index >= 15 is 0 Å². The van der Waals surface area contributed by atoms with E-state index in [1.807, 2.05) is 12.1 Å². The highest BCUT2D eigenvalue weighted by Crippen LogP contribution is 2.17. The lowest BCUT2D eigenvalue weighted by Crippen LogP contribution is -1.73. The summed E-state index contributed by atoms with van der Waals surface area (Å²) in [6.07, 6.45) is 0. The van der Waals surface area contributed by atoms with Crippen LogP contribution in [0, 0.1) is 0 Å². The maximum atomic E-state index is 8.65. The monoisotopic (exact) mass is 264 g/mol. The molecule has 0 aliphatic rings. The second-order valence-electron chi connectivity index (χ2n) is 4.25. The first-order valence-corrected chi connectivity index (χ1v) is 6.34. The zero-order valence-electron chi connectivity index (χ0n) is 11.0. The van der Waals surface area contributed by atoms with Gasteiger partial charge in [0, 0.05) is 0 Å². The molecule has 0 aliphatic carbocycles. The lowest BCUT2D eigenvalue weighted by Gasteiger charge is -1.98. The zero-order valence-corrected chi connectivity index (χ0v) is 11.0. The molecule has 0 aliphatic heterocycles. The van der Waals surface area contributed by atoms with Gasteiger partial charge in [-0.2, -0.15) is 0 Å². The Balaban J connectivity index is 0.000000160. The van der Waals surface area contributed by atoms with Crippen molar-refractivity contribution in [3.05, 3.63) is 84.9 Å². The molecule has 0 fully saturated rings. The van der Waals surface area contributed by atoms with Gasteiger partial charge in [-0.3, -0.25) is 0 Å². The molecule has 0 amide bonds. The molecular weight excluding hydrogens is 248 g/mol. The fourth-order valence-electron chi connectivity index (χ4n) is 1.71. The van der Waals surface area contributed by atoms with Crippen molar-refractivity contribution >= 4 is 0 Å². The van der Waals surface area contributed by atoms with E-state index in [0.717, 1.165) is 0 Å². The summed E-state index contributed by atoms with van der Waals surface area (Å²) in [5, 5.41) is 17.3. The minimum atomic E-state index is 0.169. The first kappa shape index (κ1) is 13.7. The summed E-state index contributed by atoms with van der Waals surface area (Å²) in [6.45, 7) is 0. The molecule has 0 atom stereocenters. The van der Waals surface area contributed by atoms with E-state index in [1.54, 1.807) is 0 Å². The molecule has 0 bridgehead atoms. The Morgan fingerprint density at radius 2 is 0.700 bits per heavy atom. The average Bonchev–Trinajstić information content (AvgIpc) is 2.53. The third-order valence-electron chi connectivity index (χ3n) is 2.73. The number of rotatable bonds is 1. The van der Waals surface area contributed by atoms with Crippen LogP contribution in [-0.4, -0.2) is 10.2 Å². The summed E-state index contributed by atoms with van der Waals surface area (Å²) in [5.41, 5.74) is 2.55. The van der Waals surface area contributed by atoms with Gasteiger partial charge in [0.1, 0.15) is 11.5 Å². The van der Waals surface area contributed by atoms with Crippen LogP contribution in [0.4, 0.5) is 0 Å². The van der Waals surface area contributed by atoms with E-state index in [4.69, 9.17) is 10.2 Å². The lowest BCUT2D eigenvalue weighted by atomic mass is 10.1. The average molecular weight is 264 g/mol. The molecule has 0 saturated heterocycles. The van der Waals surface area contributed by atoms with Crippen molar-refractivity contribution in [2.75, 3.05) is 0 Å². The Morgan fingerprint density at radius 3 is 1.00 bits per heavy atom. The normalized spacial score (nSPS) is 9.40. The van der Waals surface area contributed by atoms with Gasteiger partial charge >= 0.3 is 0 Å². The zero-order chi connectivity index (χ0) is 14.2. The summed E-state index contributed by atoms with van der Waals surface area (Å²) in [6, 6.07) is 26.5. The molecule has 0 unspecified atom stereocenters. The number of hydrogen-bond acceptors (Lipinski definition) is 2. The summed E-state index contributed by atoms with van der Waals surface area (Å²) >= 11 is 0. The lowest BCUT2D eigenvalue weighted by molar-refractivity contribution is 0.460. The third-order valence-corrected chi connectivity index (χ3v) is 2.73. The minimum Gasteiger partial charge on any atom is -0.508 e. The molecule has 3 rings (SSSR count). The Kier molecular flexibility index (Phi) is 4.79. The highest BCUT2D eigenvalue weighted by molar-refractivity contribution is 5.62. The second kappa shape index (κ2) is 7.00. The molecule has 2 heteroatoms. The van der Waals surface area contributed by atoms with Crippen LogP contribution in [0.3, 0.4) is 0 Å². The second-order valence-corrected chi connectivity index (χ2v) is 4.25. The molecule has 20 heavy (non-hydrogen) atoms. The van der Waals surface area contributed by atoms with Crippen LogP contribution in [0.1, 0.15) is 0 Å². The van der Waals surface area contributed by atoms with Gasteiger partial charge in [0.05, 0.1) is 0 Å². The van der Waals surface area contributed by atoms with Gasteiger partial charge in [-0.1, -0.05) is 60.7 Å². The Bertz CT molecular complexity index is 558. The molecular formula is C18H16O2. The van der Waals surface area contributed by atoms with E-state index in [-0.39, 0.29) is 11.5 Å². The first-order chi connectivity index (χ1) is 9.75. The van der Waals surface area contributed by atoms with Crippen LogP contribution in [0.2, 0.25) is 0 Å². The SMILES string of the molecule is Oc1ccc(O)cc1.c1ccc(-c2ccccc2)cc1. The number of hydrogen-bond donors (Lipinski definition) is 2. The van der Waals surface area contributed by atoms with Gasteiger partial charge in [-0.15, -0.1) is 0 Å². The van der Waals surface area contributed by atoms with Crippen molar-refractivity contribution in [2.45, 2.75) is 0 Å². The van der Waals surface area contributed by atoms with Gasteiger partial charge in [0.15, 0.2) is 0 Å². The van der Waals surface area contributed by atoms with Crippen molar-refractivity contribution in [1.82, 2.24) is 0 Å². The molecule has 3 aromatic carbocycles. The van der Waals surface area contributed by atoms with Crippen molar-refractivity contribution < 1.29 is 10.2 Å². The van der Waals surface area contributed by atoms with Gasteiger partial charge in [0.25, 0.3) is 0 Å². The van der Waals surface area contributed by atoms with Crippen LogP contribution >= 0.6 is 0 Å². The van der Waals surface area contributed by atoms with E-state index in [0.29, 0.717) is 0 Å². The van der Waals surface area contributed by atoms with Crippen molar-refractivity contribution in [1.29, 1.82) is 0 Å². The Morgan fingerprint density at radius 1 is 0.400 bits per heavy atom. The van der Waals surface area contributed by atoms with Gasteiger partial charge < -0.3 is 10.2 Å². The fraction of sp³-hybridized carbons (Fsp3) is 0. The Labute approximate surface area is 118 Å². The first-order valence-electron chi connectivity index (χ1n) is 6.34. The summed E-state index contributed by atoms with van der Waals surface area (Å²) in [5.74, 6) is 0.339. The maximum Gasteiger partial charge on any atom is 0.115 e. The quantitative estimate of drug-likeness (QED) is 0.637. The number of phenolic OH excluding ortho intramolecular Hbond substituents is 2. The van der Waals surface area contributed by atoms with Crippen LogP contribution in [0.5, 0.6) is 11.5 Å². The van der Waals surface area contributed by atoms with Crippen LogP contribution in [-0.2, 0) is 0 Å².